The maximum Gasteiger partial charge on any atom is 0.153 e. The Morgan fingerprint density at radius 1 is 1.29 bits per heavy atom. The number of carbonyl (C=O) groups is 1. The van der Waals surface area contributed by atoms with Crippen molar-refractivity contribution in [2.45, 2.75) is 19.9 Å². The van der Waals surface area contributed by atoms with Crippen molar-refractivity contribution in [1.29, 1.82) is 0 Å². The molecule has 0 saturated carbocycles. The molecule has 0 spiro atoms. The van der Waals surface area contributed by atoms with Crippen molar-refractivity contribution < 1.29 is 4.79 Å². The molecule has 2 rings (SSSR count). The van der Waals surface area contributed by atoms with E-state index in [2.05, 4.69) is 21.0 Å². The predicted molar refractivity (Wildman–Crippen MR) is 71.1 cm³/mol. The monoisotopic (exact) mass is 292 g/mol. The molecule has 4 heteroatoms. The van der Waals surface area contributed by atoms with E-state index in [0.717, 1.165) is 22.0 Å². The lowest BCUT2D eigenvalue weighted by molar-refractivity contribution is 0.112. The molecule has 3 nitrogen and oxygen atoms in total. The summed E-state index contributed by atoms with van der Waals surface area (Å²) in [5.41, 5.74) is 2.50. The summed E-state index contributed by atoms with van der Waals surface area (Å²) < 4.78 is 2.89. The summed E-state index contributed by atoms with van der Waals surface area (Å²) in [4.78, 5) is 11.0. The normalized spacial score (nSPS) is 10.8. The third-order valence-electron chi connectivity index (χ3n) is 2.56. The van der Waals surface area contributed by atoms with Gasteiger partial charge in [-0.05, 0) is 26.0 Å². The number of aldehydes is 1. The Labute approximate surface area is 109 Å². The highest BCUT2D eigenvalue weighted by Crippen LogP contribution is 2.26. The molecule has 0 unspecified atom stereocenters. The summed E-state index contributed by atoms with van der Waals surface area (Å²) in [6.45, 7) is 4.09. The second-order valence-electron chi connectivity index (χ2n) is 4.11. The van der Waals surface area contributed by atoms with Gasteiger partial charge in [0.15, 0.2) is 6.29 Å². The molecular weight excluding hydrogens is 280 g/mol. The Kier molecular flexibility index (Phi) is 3.43. The lowest BCUT2D eigenvalue weighted by atomic mass is 10.1. The Morgan fingerprint density at radius 2 is 1.94 bits per heavy atom. The van der Waals surface area contributed by atoms with E-state index in [4.69, 9.17) is 0 Å². The first-order valence-corrected chi connectivity index (χ1v) is 6.21. The molecule has 0 aliphatic carbocycles. The third-order valence-corrected chi connectivity index (χ3v) is 3.09. The molecule has 17 heavy (non-hydrogen) atoms. The minimum atomic E-state index is 0.224. The molecule has 0 N–H and O–H groups in total. The molecular formula is C13H13BrN2O. The summed E-state index contributed by atoms with van der Waals surface area (Å²) in [6, 6.07) is 8.10. The van der Waals surface area contributed by atoms with Crippen LogP contribution in [0.3, 0.4) is 0 Å². The van der Waals surface area contributed by atoms with Gasteiger partial charge in [0, 0.05) is 16.1 Å². The van der Waals surface area contributed by atoms with Crippen LogP contribution in [0.25, 0.3) is 11.3 Å². The van der Waals surface area contributed by atoms with Crippen molar-refractivity contribution in [2.75, 3.05) is 0 Å². The van der Waals surface area contributed by atoms with Crippen molar-refractivity contribution in [3.05, 3.63) is 40.5 Å². The van der Waals surface area contributed by atoms with Crippen LogP contribution in [-0.2, 0) is 0 Å². The quantitative estimate of drug-likeness (QED) is 0.809. The van der Waals surface area contributed by atoms with Crippen LogP contribution in [0, 0.1) is 0 Å². The van der Waals surface area contributed by atoms with Gasteiger partial charge in [0.1, 0.15) is 0 Å². The molecule has 0 saturated heterocycles. The van der Waals surface area contributed by atoms with E-state index < -0.39 is 0 Å². The Balaban J connectivity index is 2.59. The predicted octanol–water partition coefficient (Wildman–Crippen LogP) is 3.71. The van der Waals surface area contributed by atoms with Crippen molar-refractivity contribution >= 4 is 22.2 Å². The van der Waals surface area contributed by atoms with Crippen LogP contribution in [0.15, 0.2) is 34.9 Å². The molecule has 0 fully saturated rings. The van der Waals surface area contributed by atoms with Crippen LogP contribution < -0.4 is 0 Å². The van der Waals surface area contributed by atoms with Gasteiger partial charge < -0.3 is 0 Å². The number of aromatic nitrogens is 2. The van der Waals surface area contributed by atoms with Crippen molar-refractivity contribution in [3.63, 3.8) is 0 Å². The molecule has 0 aliphatic rings. The first-order chi connectivity index (χ1) is 8.13. The van der Waals surface area contributed by atoms with Gasteiger partial charge in [0.25, 0.3) is 0 Å². The highest BCUT2D eigenvalue weighted by atomic mass is 79.9. The fraction of sp³-hybridized carbons (Fsp3) is 0.231. The smallest absolute Gasteiger partial charge is 0.153 e. The number of nitrogens with zero attached hydrogens (tertiary/aromatic N) is 2. The zero-order valence-electron chi connectivity index (χ0n) is 9.72. The number of halogens is 1. The summed E-state index contributed by atoms with van der Waals surface area (Å²) in [6.07, 6.45) is 2.47. The number of benzene rings is 1. The molecule has 2 aromatic rings. The lowest BCUT2D eigenvalue weighted by Crippen LogP contribution is -2.05. The maximum absolute atomic E-state index is 11.0. The molecule has 0 bridgehead atoms. The third kappa shape index (κ3) is 2.31. The molecule has 0 radical (unpaired) electrons. The fourth-order valence-corrected chi connectivity index (χ4v) is 2.02. The van der Waals surface area contributed by atoms with E-state index in [0.29, 0.717) is 5.56 Å². The fourth-order valence-electron chi connectivity index (χ4n) is 1.76. The number of carbonyl (C=O) groups excluding carboxylic acids is 1. The molecule has 1 aromatic carbocycles. The van der Waals surface area contributed by atoms with Gasteiger partial charge in [-0.2, -0.15) is 5.10 Å². The van der Waals surface area contributed by atoms with E-state index in [-0.39, 0.29) is 6.04 Å². The Morgan fingerprint density at radius 3 is 2.47 bits per heavy atom. The van der Waals surface area contributed by atoms with Crippen LogP contribution in [0.2, 0.25) is 0 Å². The largest absolute Gasteiger partial charge is 0.298 e. The Bertz CT molecular complexity index is 529. The Hall–Kier alpha value is -1.42. The average Bonchev–Trinajstić information content (AvgIpc) is 2.73. The first-order valence-electron chi connectivity index (χ1n) is 5.42. The SMILES string of the molecule is CC(C)n1ncc(C=O)c1-c1ccc(Br)cc1. The summed E-state index contributed by atoms with van der Waals surface area (Å²) in [7, 11) is 0. The highest BCUT2D eigenvalue weighted by molar-refractivity contribution is 9.10. The van der Waals surface area contributed by atoms with E-state index in [9.17, 15) is 4.79 Å². The molecule has 0 amide bonds. The van der Waals surface area contributed by atoms with Gasteiger partial charge in [-0.1, -0.05) is 28.1 Å². The lowest BCUT2D eigenvalue weighted by Gasteiger charge is -2.11. The van der Waals surface area contributed by atoms with E-state index in [1.165, 1.54) is 0 Å². The average molecular weight is 293 g/mol. The van der Waals surface area contributed by atoms with Gasteiger partial charge in [-0.15, -0.1) is 0 Å². The van der Waals surface area contributed by atoms with E-state index in [1.807, 2.05) is 42.8 Å². The number of hydrogen-bond acceptors (Lipinski definition) is 2. The standard InChI is InChI=1S/C13H13BrN2O/c1-9(2)16-13(11(8-17)7-15-16)10-3-5-12(14)6-4-10/h3-9H,1-2H3. The summed E-state index contributed by atoms with van der Waals surface area (Å²) >= 11 is 3.40. The van der Waals surface area contributed by atoms with E-state index in [1.54, 1.807) is 6.20 Å². The van der Waals surface area contributed by atoms with Gasteiger partial charge >= 0.3 is 0 Å². The van der Waals surface area contributed by atoms with Gasteiger partial charge in [0.2, 0.25) is 0 Å². The minimum Gasteiger partial charge on any atom is -0.298 e. The molecule has 1 aromatic heterocycles. The van der Waals surface area contributed by atoms with Gasteiger partial charge in [0.05, 0.1) is 17.5 Å². The summed E-state index contributed by atoms with van der Waals surface area (Å²) in [5.74, 6) is 0. The second kappa shape index (κ2) is 4.84. The molecule has 0 atom stereocenters. The maximum atomic E-state index is 11.0. The number of hydrogen-bond donors (Lipinski definition) is 0. The van der Waals surface area contributed by atoms with E-state index >= 15 is 0 Å². The van der Waals surface area contributed by atoms with Crippen molar-refractivity contribution in [1.82, 2.24) is 9.78 Å². The summed E-state index contributed by atoms with van der Waals surface area (Å²) in [5, 5.41) is 4.26. The first kappa shape index (κ1) is 12.0. The zero-order chi connectivity index (χ0) is 12.4. The minimum absolute atomic E-state index is 0.224. The number of rotatable bonds is 3. The molecule has 1 heterocycles. The van der Waals surface area contributed by atoms with Crippen LogP contribution in [-0.4, -0.2) is 16.1 Å². The second-order valence-corrected chi connectivity index (χ2v) is 5.03. The van der Waals surface area contributed by atoms with Crippen LogP contribution >= 0.6 is 15.9 Å². The topological polar surface area (TPSA) is 34.9 Å². The van der Waals surface area contributed by atoms with Gasteiger partial charge in [-0.25, -0.2) is 0 Å². The molecule has 0 aliphatic heterocycles. The van der Waals surface area contributed by atoms with Gasteiger partial charge in [-0.3, -0.25) is 9.48 Å². The van der Waals surface area contributed by atoms with Crippen LogP contribution in [0.5, 0.6) is 0 Å². The highest BCUT2D eigenvalue weighted by Gasteiger charge is 2.14. The molecule has 88 valence electrons. The zero-order valence-corrected chi connectivity index (χ0v) is 11.3. The van der Waals surface area contributed by atoms with Crippen molar-refractivity contribution in [2.24, 2.45) is 0 Å². The van der Waals surface area contributed by atoms with Crippen LogP contribution in [0.1, 0.15) is 30.2 Å². The van der Waals surface area contributed by atoms with Crippen molar-refractivity contribution in [3.8, 4) is 11.3 Å². The van der Waals surface area contributed by atoms with Crippen LogP contribution in [0.4, 0.5) is 0 Å².